The van der Waals surface area contributed by atoms with Gasteiger partial charge in [0.2, 0.25) is 0 Å². The molecule has 1 aliphatic rings. The molecule has 0 atom stereocenters. The lowest BCUT2D eigenvalue weighted by molar-refractivity contribution is -1.02. The van der Waals surface area contributed by atoms with Crippen LogP contribution in [-0.4, -0.2) is 51.1 Å². The van der Waals surface area contributed by atoms with Crippen LogP contribution in [0.1, 0.15) is 11.1 Å². The minimum atomic E-state index is -0.737. The van der Waals surface area contributed by atoms with E-state index in [-0.39, 0.29) is 0 Å². The summed E-state index contributed by atoms with van der Waals surface area (Å²) in [5, 5.41) is 5.13. The minimum Gasteiger partial charge on any atom is -0.342 e. The van der Waals surface area contributed by atoms with Crippen molar-refractivity contribution in [2.45, 2.75) is 13.5 Å². The lowest BCUT2D eigenvalue weighted by atomic mass is 10.1. The average molecular weight is 400 g/mol. The van der Waals surface area contributed by atoms with Gasteiger partial charge in [0.25, 0.3) is 0 Å². The van der Waals surface area contributed by atoms with Crippen LogP contribution >= 0.6 is 0 Å². The fraction of sp³-hybridized carbons (Fsp3) is 0.364. The molecule has 6 nitrogen and oxygen atoms in total. The van der Waals surface area contributed by atoms with Crippen molar-refractivity contribution in [1.82, 2.24) is 5.32 Å². The van der Waals surface area contributed by atoms with Crippen molar-refractivity contribution in [1.29, 1.82) is 0 Å². The number of hydrogen-bond acceptors (Lipinski definition) is 2. The van der Waals surface area contributed by atoms with Crippen LogP contribution in [0.15, 0.2) is 48.5 Å². The van der Waals surface area contributed by atoms with Gasteiger partial charge in [-0.25, -0.2) is 4.39 Å². The van der Waals surface area contributed by atoms with E-state index in [0.29, 0.717) is 12.2 Å². The predicted molar refractivity (Wildman–Crippen MR) is 109 cm³/mol. The predicted octanol–water partition coefficient (Wildman–Crippen LogP) is -0.828. The van der Waals surface area contributed by atoms with Crippen LogP contribution in [0.25, 0.3) is 0 Å². The fourth-order valence-electron chi connectivity index (χ4n) is 3.53. The maximum absolute atomic E-state index is 12.9. The lowest BCUT2D eigenvalue weighted by Crippen LogP contribution is -3.27. The summed E-state index contributed by atoms with van der Waals surface area (Å²) in [4.78, 5) is 26.8. The number of halogens is 1. The topological polar surface area (TPSA) is 67.1 Å². The molecule has 0 spiro atoms. The summed E-state index contributed by atoms with van der Waals surface area (Å²) in [6.07, 6.45) is 0. The second-order valence-corrected chi connectivity index (χ2v) is 7.63. The van der Waals surface area contributed by atoms with Gasteiger partial charge in [0.05, 0.1) is 13.1 Å². The third-order valence-electron chi connectivity index (χ3n) is 5.31. The van der Waals surface area contributed by atoms with E-state index in [1.165, 1.54) is 40.3 Å². The standard InChI is InChI=1S/C22H27FN4O2/c1-17-2-4-18(5-3-17)16-27-14-12-26(13-15-27)11-10-24-21(28)22(29)25-20-8-6-19(23)7-9-20/h2-9H,10-16H2,1H3,(H,24,28)(H,25,29)/p+2. The number of benzene rings is 2. The van der Waals surface area contributed by atoms with E-state index in [4.69, 9.17) is 0 Å². The van der Waals surface area contributed by atoms with E-state index in [1.54, 1.807) is 4.90 Å². The van der Waals surface area contributed by atoms with Crippen molar-refractivity contribution in [3.8, 4) is 0 Å². The van der Waals surface area contributed by atoms with E-state index in [1.807, 2.05) is 0 Å². The van der Waals surface area contributed by atoms with Crippen LogP contribution in [0.4, 0.5) is 10.1 Å². The smallest absolute Gasteiger partial charge is 0.313 e. The quantitative estimate of drug-likeness (QED) is 0.479. The highest BCUT2D eigenvalue weighted by Crippen LogP contribution is 2.07. The van der Waals surface area contributed by atoms with Crippen LogP contribution in [0.5, 0.6) is 0 Å². The number of piperazine rings is 1. The van der Waals surface area contributed by atoms with Gasteiger partial charge in [-0.05, 0) is 31.2 Å². The Morgan fingerprint density at radius 2 is 1.52 bits per heavy atom. The normalized spacial score (nSPS) is 18.8. The molecule has 0 aliphatic carbocycles. The Kier molecular flexibility index (Phi) is 7.32. The van der Waals surface area contributed by atoms with Gasteiger partial charge >= 0.3 is 11.8 Å². The van der Waals surface area contributed by atoms with Gasteiger partial charge in [-0.15, -0.1) is 0 Å². The minimum absolute atomic E-state index is 0.392. The van der Waals surface area contributed by atoms with Gasteiger partial charge in [-0.1, -0.05) is 29.8 Å². The summed E-state index contributed by atoms with van der Waals surface area (Å²) in [6, 6.07) is 14.0. The Labute approximate surface area is 170 Å². The van der Waals surface area contributed by atoms with Crippen LogP contribution in [0, 0.1) is 12.7 Å². The summed E-state index contributed by atoms with van der Waals surface area (Å²) in [5.74, 6) is -1.80. The summed E-state index contributed by atoms with van der Waals surface area (Å²) in [5.41, 5.74) is 3.05. The number of quaternary nitrogens is 2. The summed E-state index contributed by atoms with van der Waals surface area (Å²) >= 11 is 0. The molecule has 0 aromatic heterocycles. The number of amides is 2. The van der Waals surface area contributed by atoms with Crippen molar-refractivity contribution in [2.24, 2.45) is 0 Å². The highest BCUT2D eigenvalue weighted by Gasteiger charge is 2.23. The zero-order valence-electron chi connectivity index (χ0n) is 16.8. The Hall–Kier alpha value is -2.77. The molecule has 1 saturated heterocycles. The first-order valence-electron chi connectivity index (χ1n) is 10.1. The van der Waals surface area contributed by atoms with Gasteiger partial charge in [-0.3, -0.25) is 9.59 Å². The number of anilines is 1. The molecule has 2 aromatic carbocycles. The van der Waals surface area contributed by atoms with Crippen molar-refractivity contribution in [3.05, 3.63) is 65.5 Å². The molecule has 2 aromatic rings. The van der Waals surface area contributed by atoms with Crippen molar-refractivity contribution >= 4 is 17.5 Å². The maximum Gasteiger partial charge on any atom is 0.313 e. The Morgan fingerprint density at radius 1 is 0.897 bits per heavy atom. The molecular formula is C22H29FN4O2+2. The second-order valence-electron chi connectivity index (χ2n) is 7.63. The number of aryl methyl sites for hydroxylation is 1. The molecule has 154 valence electrons. The van der Waals surface area contributed by atoms with Crippen molar-refractivity contribution in [3.63, 3.8) is 0 Å². The summed E-state index contributed by atoms with van der Waals surface area (Å²) < 4.78 is 12.9. The first-order chi connectivity index (χ1) is 14.0. The molecule has 1 aliphatic heterocycles. The molecule has 0 saturated carbocycles. The molecule has 0 unspecified atom stereocenters. The molecule has 7 heteroatoms. The summed E-state index contributed by atoms with van der Waals surface area (Å²) in [6.45, 7) is 8.71. The Balaban J connectivity index is 1.32. The van der Waals surface area contributed by atoms with E-state index in [0.717, 1.165) is 39.3 Å². The molecule has 4 N–H and O–H groups in total. The zero-order valence-corrected chi connectivity index (χ0v) is 16.8. The highest BCUT2D eigenvalue weighted by atomic mass is 19.1. The van der Waals surface area contributed by atoms with Crippen LogP contribution < -0.4 is 20.4 Å². The van der Waals surface area contributed by atoms with Gasteiger partial charge in [-0.2, -0.15) is 0 Å². The third kappa shape index (κ3) is 6.66. The monoisotopic (exact) mass is 400 g/mol. The fourth-order valence-corrected chi connectivity index (χ4v) is 3.53. The van der Waals surface area contributed by atoms with Crippen molar-refractivity contribution < 1.29 is 23.8 Å². The average Bonchev–Trinajstić information content (AvgIpc) is 2.72. The Bertz CT molecular complexity index is 816. The summed E-state index contributed by atoms with van der Waals surface area (Å²) in [7, 11) is 0. The second kappa shape index (κ2) is 10.1. The molecule has 2 amide bonds. The van der Waals surface area contributed by atoms with E-state index < -0.39 is 17.6 Å². The van der Waals surface area contributed by atoms with Crippen LogP contribution in [0.3, 0.4) is 0 Å². The van der Waals surface area contributed by atoms with Gasteiger partial charge in [0, 0.05) is 11.3 Å². The highest BCUT2D eigenvalue weighted by molar-refractivity contribution is 6.39. The first kappa shape index (κ1) is 21.0. The van der Waals surface area contributed by atoms with Crippen molar-refractivity contribution in [2.75, 3.05) is 44.6 Å². The number of carbonyl (C=O) groups excluding carboxylic acids is 2. The number of hydrogen-bond donors (Lipinski definition) is 4. The molecule has 1 fully saturated rings. The Morgan fingerprint density at radius 3 is 2.17 bits per heavy atom. The molecule has 3 rings (SSSR count). The maximum atomic E-state index is 12.9. The molecular weight excluding hydrogens is 371 g/mol. The van der Waals surface area contributed by atoms with E-state index in [2.05, 4.69) is 41.8 Å². The van der Waals surface area contributed by atoms with Gasteiger partial charge in [0.1, 0.15) is 38.5 Å². The zero-order chi connectivity index (χ0) is 20.6. The molecule has 0 radical (unpaired) electrons. The van der Waals surface area contributed by atoms with Crippen LogP contribution in [0.2, 0.25) is 0 Å². The molecule has 1 heterocycles. The third-order valence-corrected chi connectivity index (χ3v) is 5.31. The SMILES string of the molecule is Cc1ccc(C[NH+]2CC[NH+](CCNC(=O)C(=O)Nc3ccc(F)cc3)CC2)cc1. The van der Waals surface area contributed by atoms with E-state index >= 15 is 0 Å². The number of rotatable bonds is 6. The lowest BCUT2D eigenvalue weighted by Gasteiger charge is -2.29. The number of nitrogens with one attached hydrogen (secondary N) is 4. The van der Waals surface area contributed by atoms with Gasteiger partial charge < -0.3 is 20.4 Å². The van der Waals surface area contributed by atoms with Crippen LogP contribution in [-0.2, 0) is 16.1 Å². The van der Waals surface area contributed by atoms with Gasteiger partial charge in [0.15, 0.2) is 0 Å². The first-order valence-corrected chi connectivity index (χ1v) is 10.1. The van der Waals surface area contributed by atoms with E-state index in [9.17, 15) is 14.0 Å². The molecule has 0 bridgehead atoms. The number of carbonyl (C=O) groups is 2. The largest absolute Gasteiger partial charge is 0.342 e. The molecule has 29 heavy (non-hydrogen) atoms.